The highest BCUT2D eigenvalue weighted by Gasteiger charge is 2.16. The van der Waals surface area contributed by atoms with Gasteiger partial charge in [-0.05, 0) is 32.9 Å². The SMILES string of the molecule is CC(C)(C)OC(=O)CSc1ncccc1Cl. The van der Waals surface area contributed by atoms with Crippen LogP contribution in [0, 0.1) is 0 Å². The van der Waals surface area contributed by atoms with Gasteiger partial charge in [0.1, 0.15) is 10.6 Å². The summed E-state index contributed by atoms with van der Waals surface area (Å²) in [6.45, 7) is 5.51. The number of hydrogen-bond donors (Lipinski definition) is 0. The fourth-order valence-electron chi connectivity index (χ4n) is 0.976. The summed E-state index contributed by atoms with van der Waals surface area (Å²) in [5.41, 5.74) is -0.453. The maximum Gasteiger partial charge on any atom is 0.316 e. The van der Waals surface area contributed by atoms with Gasteiger partial charge >= 0.3 is 5.97 Å². The highest BCUT2D eigenvalue weighted by molar-refractivity contribution is 8.00. The molecule has 88 valence electrons. The van der Waals surface area contributed by atoms with E-state index in [0.717, 1.165) is 0 Å². The second-order valence-electron chi connectivity index (χ2n) is 4.17. The fraction of sp³-hybridized carbons (Fsp3) is 0.455. The number of carbonyl (C=O) groups excluding carboxylic acids is 1. The Labute approximate surface area is 105 Å². The van der Waals surface area contributed by atoms with Gasteiger partial charge in [-0.2, -0.15) is 0 Å². The molecule has 5 heteroatoms. The minimum absolute atomic E-state index is 0.216. The van der Waals surface area contributed by atoms with Crippen LogP contribution in [0.4, 0.5) is 0 Å². The molecule has 1 heterocycles. The zero-order valence-electron chi connectivity index (χ0n) is 9.49. The van der Waals surface area contributed by atoms with Gasteiger partial charge in [-0.3, -0.25) is 4.79 Å². The molecule has 1 rings (SSSR count). The molecule has 0 aromatic carbocycles. The molecular weight excluding hydrogens is 246 g/mol. The third-order valence-corrected chi connectivity index (χ3v) is 2.87. The molecule has 1 aromatic rings. The molecule has 0 bridgehead atoms. The number of aromatic nitrogens is 1. The minimum atomic E-state index is -0.453. The van der Waals surface area contributed by atoms with E-state index in [1.807, 2.05) is 20.8 Å². The fourth-order valence-corrected chi connectivity index (χ4v) is 1.92. The van der Waals surface area contributed by atoms with Crippen molar-refractivity contribution in [2.45, 2.75) is 31.4 Å². The molecule has 0 spiro atoms. The number of halogens is 1. The molecule has 0 saturated carbocycles. The molecule has 0 amide bonds. The Morgan fingerprint density at radius 2 is 2.25 bits per heavy atom. The van der Waals surface area contributed by atoms with Crippen molar-refractivity contribution in [1.29, 1.82) is 0 Å². The standard InChI is InChI=1S/C11H14ClNO2S/c1-11(2,3)15-9(14)7-16-10-8(12)5-4-6-13-10/h4-6H,7H2,1-3H3. The van der Waals surface area contributed by atoms with E-state index in [4.69, 9.17) is 16.3 Å². The Bertz CT molecular complexity index is 376. The van der Waals surface area contributed by atoms with Gasteiger partial charge in [-0.15, -0.1) is 0 Å². The number of pyridine rings is 1. The Balaban J connectivity index is 2.47. The second kappa shape index (κ2) is 5.55. The van der Waals surface area contributed by atoms with Crippen molar-refractivity contribution in [3.63, 3.8) is 0 Å². The summed E-state index contributed by atoms with van der Waals surface area (Å²) in [6, 6.07) is 3.49. The molecule has 0 aliphatic heterocycles. The maximum atomic E-state index is 11.4. The van der Waals surface area contributed by atoms with Crippen LogP contribution in [-0.2, 0) is 9.53 Å². The van der Waals surface area contributed by atoms with Gasteiger partial charge in [0.05, 0.1) is 10.8 Å². The van der Waals surface area contributed by atoms with E-state index in [-0.39, 0.29) is 11.7 Å². The average molecular weight is 260 g/mol. The van der Waals surface area contributed by atoms with Crippen molar-refractivity contribution < 1.29 is 9.53 Å². The third-order valence-electron chi connectivity index (χ3n) is 1.47. The molecule has 0 aliphatic carbocycles. The van der Waals surface area contributed by atoms with Crippen LogP contribution in [0.5, 0.6) is 0 Å². The smallest absolute Gasteiger partial charge is 0.316 e. The number of ether oxygens (including phenoxy) is 1. The van der Waals surface area contributed by atoms with Crippen LogP contribution < -0.4 is 0 Å². The lowest BCUT2D eigenvalue weighted by molar-refractivity contribution is -0.151. The molecule has 0 fully saturated rings. The van der Waals surface area contributed by atoms with Crippen molar-refractivity contribution >= 4 is 29.3 Å². The predicted molar refractivity (Wildman–Crippen MR) is 65.8 cm³/mol. The maximum absolute atomic E-state index is 11.4. The molecule has 0 aliphatic rings. The van der Waals surface area contributed by atoms with E-state index in [2.05, 4.69) is 4.98 Å². The largest absolute Gasteiger partial charge is 0.459 e. The first-order valence-electron chi connectivity index (χ1n) is 4.83. The lowest BCUT2D eigenvalue weighted by Gasteiger charge is -2.19. The molecule has 0 atom stereocenters. The Kier molecular flexibility index (Phi) is 4.62. The molecule has 0 N–H and O–H groups in total. The minimum Gasteiger partial charge on any atom is -0.459 e. The average Bonchev–Trinajstić information content (AvgIpc) is 2.14. The molecule has 0 saturated heterocycles. The van der Waals surface area contributed by atoms with Crippen molar-refractivity contribution in [3.8, 4) is 0 Å². The molecule has 3 nitrogen and oxygen atoms in total. The molecule has 1 aromatic heterocycles. The molecule has 0 radical (unpaired) electrons. The first-order valence-corrected chi connectivity index (χ1v) is 6.20. The summed E-state index contributed by atoms with van der Waals surface area (Å²) >= 11 is 7.18. The number of nitrogens with zero attached hydrogens (tertiary/aromatic N) is 1. The highest BCUT2D eigenvalue weighted by atomic mass is 35.5. The van der Waals surface area contributed by atoms with Gasteiger partial charge < -0.3 is 4.74 Å². The van der Waals surface area contributed by atoms with Crippen LogP contribution in [-0.4, -0.2) is 22.3 Å². The number of hydrogen-bond acceptors (Lipinski definition) is 4. The summed E-state index contributed by atoms with van der Waals surface area (Å²) in [7, 11) is 0. The van der Waals surface area contributed by atoms with Gasteiger partial charge in [0.15, 0.2) is 0 Å². The summed E-state index contributed by atoms with van der Waals surface area (Å²) in [5, 5.41) is 1.20. The van der Waals surface area contributed by atoms with Crippen LogP contribution >= 0.6 is 23.4 Å². The van der Waals surface area contributed by atoms with Crippen LogP contribution in [0.2, 0.25) is 5.02 Å². The molecule has 16 heavy (non-hydrogen) atoms. The van der Waals surface area contributed by atoms with Crippen LogP contribution in [0.3, 0.4) is 0 Å². The molecular formula is C11H14ClNO2S. The normalized spacial score (nSPS) is 11.2. The van der Waals surface area contributed by atoms with E-state index >= 15 is 0 Å². The van der Waals surface area contributed by atoms with Crippen molar-refractivity contribution in [2.24, 2.45) is 0 Å². The zero-order chi connectivity index (χ0) is 12.2. The lowest BCUT2D eigenvalue weighted by atomic mass is 10.2. The second-order valence-corrected chi connectivity index (χ2v) is 5.54. The first-order chi connectivity index (χ1) is 7.38. The van der Waals surface area contributed by atoms with Crippen LogP contribution in [0.25, 0.3) is 0 Å². The van der Waals surface area contributed by atoms with Crippen LogP contribution in [0.1, 0.15) is 20.8 Å². The van der Waals surface area contributed by atoms with Gasteiger partial charge in [0.2, 0.25) is 0 Å². The monoisotopic (exact) mass is 259 g/mol. The number of rotatable bonds is 3. The Morgan fingerprint density at radius 1 is 1.56 bits per heavy atom. The number of esters is 1. The summed E-state index contributed by atoms with van der Waals surface area (Å²) in [6.07, 6.45) is 1.64. The van der Waals surface area contributed by atoms with E-state index in [9.17, 15) is 4.79 Å². The van der Waals surface area contributed by atoms with Gasteiger partial charge in [-0.1, -0.05) is 23.4 Å². The van der Waals surface area contributed by atoms with Crippen molar-refractivity contribution in [3.05, 3.63) is 23.4 Å². The van der Waals surface area contributed by atoms with Gasteiger partial charge in [-0.25, -0.2) is 4.98 Å². The third kappa shape index (κ3) is 4.86. The van der Waals surface area contributed by atoms with Gasteiger partial charge in [0.25, 0.3) is 0 Å². The number of thioether (sulfide) groups is 1. The number of carbonyl (C=O) groups is 1. The first kappa shape index (κ1) is 13.3. The van der Waals surface area contributed by atoms with Crippen LogP contribution in [0.15, 0.2) is 23.4 Å². The summed E-state index contributed by atoms with van der Waals surface area (Å²) in [5.74, 6) is -0.0483. The van der Waals surface area contributed by atoms with E-state index in [1.165, 1.54) is 11.8 Å². The van der Waals surface area contributed by atoms with Crippen molar-refractivity contribution in [1.82, 2.24) is 4.98 Å². The highest BCUT2D eigenvalue weighted by Crippen LogP contribution is 2.24. The quantitative estimate of drug-likeness (QED) is 0.617. The van der Waals surface area contributed by atoms with E-state index < -0.39 is 5.60 Å². The molecule has 0 unspecified atom stereocenters. The van der Waals surface area contributed by atoms with Gasteiger partial charge in [0, 0.05) is 6.20 Å². The predicted octanol–water partition coefficient (Wildman–Crippen LogP) is 3.17. The van der Waals surface area contributed by atoms with E-state index in [1.54, 1.807) is 18.3 Å². The summed E-state index contributed by atoms with van der Waals surface area (Å²) in [4.78, 5) is 15.5. The Hall–Kier alpha value is -0.740. The summed E-state index contributed by atoms with van der Waals surface area (Å²) < 4.78 is 5.17. The lowest BCUT2D eigenvalue weighted by Crippen LogP contribution is -2.24. The van der Waals surface area contributed by atoms with E-state index in [0.29, 0.717) is 10.0 Å². The van der Waals surface area contributed by atoms with Crippen molar-refractivity contribution in [2.75, 3.05) is 5.75 Å². The zero-order valence-corrected chi connectivity index (χ0v) is 11.1. The topological polar surface area (TPSA) is 39.2 Å². The Morgan fingerprint density at radius 3 is 2.81 bits per heavy atom.